The van der Waals surface area contributed by atoms with Gasteiger partial charge in [0.05, 0.1) is 0 Å². The Kier molecular flexibility index (Phi) is 6.25. The van der Waals surface area contributed by atoms with E-state index in [1.54, 1.807) is 6.20 Å². The molecule has 0 fully saturated rings. The molecule has 0 saturated heterocycles. The number of nitrogens with zero attached hydrogens (tertiary/aromatic N) is 2. The third-order valence-electron chi connectivity index (χ3n) is 4.87. The van der Waals surface area contributed by atoms with Crippen LogP contribution in [0.3, 0.4) is 0 Å². The summed E-state index contributed by atoms with van der Waals surface area (Å²) in [7, 11) is 0. The van der Waals surface area contributed by atoms with Crippen molar-refractivity contribution in [2.75, 3.05) is 6.54 Å². The third kappa shape index (κ3) is 5.29. The number of carbonyl (C=O) groups excluding carboxylic acids is 1. The number of hydrogen-bond acceptors (Lipinski definition) is 2. The van der Waals surface area contributed by atoms with E-state index in [4.69, 9.17) is 0 Å². The first-order chi connectivity index (χ1) is 13.4. The normalized spacial score (nSPS) is 11.2. The smallest absolute Gasteiger partial charge is 0.254 e. The monoisotopic (exact) mass is 372 g/mol. The molecule has 0 N–H and O–H groups in total. The Morgan fingerprint density at radius 2 is 1.57 bits per heavy atom. The number of aromatic nitrogens is 1. The van der Waals surface area contributed by atoms with Crippen LogP contribution in [0, 0.1) is 0 Å². The molecule has 28 heavy (non-hydrogen) atoms. The minimum Gasteiger partial charge on any atom is -0.334 e. The first-order valence-electron chi connectivity index (χ1n) is 9.77. The van der Waals surface area contributed by atoms with Gasteiger partial charge in [0, 0.05) is 37.0 Å². The fraction of sp³-hybridized carbons (Fsp3) is 0.280. The van der Waals surface area contributed by atoms with Crippen LogP contribution in [0.4, 0.5) is 0 Å². The minimum atomic E-state index is 0.0558. The summed E-state index contributed by atoms with van der Waals surface area (Å²) in [5, 5.41) is 0. The quantitative estimate of drug-likeness (QED) is 0.591. The van der Waals surface area contributed by atoms with Crippen LogP contribution < -0.4 is 0 Å². The lowest BCUT2D eigenvalue weighted by atomic mass is 9.86. The van der Waals surface area contributed by atoms with Gasteiger partial charge in [-0.05, 0) is 40.8 Å². The molecule has 1 aromatic heterocycles. The summed E-state index contributed by atoms with van der Waals surface area (Å²) in [6.07, 6.45) is 2.53. The van der Waals surface area contributed by atoms with Crippen molar-refractivity contribution < 1.29 is 4.79 Å². The van der Waals surface area contributed by atoms with E-state index in [1.807, 2.05) is 53.4 Å². The van der Waals surface area contributed by atoms with Crippen LogP contribution in [0.25, 0.3) is 0 Å². The number of rotatable bonds is 6. The highest BCUT2D eigenvalue weighted by Gasteiger charge is 2.18. The molecule has 144 valence electrons. The Balaban J connectivity index is 1.79. The van der Waals surface area contributed by atoms with Gasteiger partial charge in [0.2, 0.25) is 0 Å². The largest absolute Gasteiger partial charge is 0.334 e. The van der Waals surface area contributed by atoms with Crippen LogP contribution in [0.1, 0.15) is 48.0 Å². The molecule has 0 saturated carbocycles. The van der Waals surface area contributed by atoms with Gasteiger partial charge in [0.15, 0.2) is 0 Å². The summed E-state index contributed by atoms with van der Waals surface area (Å²) >= 11 is 0. The van der Waals surface area contributed by atoms with Crippen LogP contribution in [-0.4, -0.2) is 22.3 Å². The number of benzene rings is 2. The molecule has 0 aliphatic carbocycles. The molecular formula is C25H28N2O. The second kappa shape index (κ2) is 8.83. The molecule has 0 bridgehead atoms. The predicted octanol–water partition coefficient (Wildman–Crippen LogP) is 5.26. The fourth-order valence-electron chi connectivity index (χ4n) is 3.15. The minimum absolute atomic E-state index is 0.0558. The standard InChI is InChI=1S/C25H28N2O/c1-25(2,3)22-14-12-21(13-15-22)24(28)27(19-20-9-5-4-6-10-20)18-16-23-11-7-8-17-26-23/h4-15,17H,16,18-19H2,1-3H3. The van der Waals surface area contributed by atoms with Crippen molar-refractivity contribution in [3.05, 3.63) is 101 Å². The van der Waals surface area contributed by atoms with Gasteiger partial charge in [-0.3, -0.25) is 9.78 Å². The van der Waals surface area contributed by atoms with Crippen LogP contribution in [0.5, 0.6) is 0 Å². The molecule has 0 atom stereocenters. The Morgan fingerprint density at radius 1 is 0.893 bits per heavy atom. The van der Waals surface area contributed by atoms with E-state index < -0.39 is 0 Å². The van der Waals surface area contributed by atoms with E-state index >= 15 is 0 Å². The summed E-state index contributed by atoms with van der Waals surface area (Å²) < 4.78 is 0. The van der Waals surface area contributed by atoms with Crippen molar-refractivity contribution in [2.45, 2.75) is 39.2 Å². The van der Waals surface area contributed by atoms with Gasteiger partial charge in [0.25, 0.3) is 5.91 Å². The van der Waals surface area contributed by atoms with Crippen molar-refractivity contribution in [1.82, 2.24) is 9.88 Å². The first-order valence-corrected chi connectivity index (χ1v) is 9.77. The summed E-state index contributed by atoms with van der Waals surface area (Å²) in [6.45, 7) is 7.76. The Hall–Kier alpha value is -2.94. The van der Waals surface area contributed by atoms with Crippen molar-refractivity contribution >= 4 is 5.91 Å². The van der Waals surface area contributed by atoms with Crippen LogP contribution in [0.2, 0.25) is 0 Å². The molecule has 0 unspecified atom stereocenters. The topological polar surface area (TPSA) is 33.2 Å². The molecule has 0 spiro atoms. The molecule has 1 heterocycles. The number of pyridine rings is 1. The highest BCUT2D eigenvalue weighted by molar-refractivity contribution is 5.94. The van der Waals surface area contributed by atoms with Crippen LogP contribution >= 0.6 is 0 Å². The molecule has 3 nitrogen and oxygen atoms in total. The van der Waals surface area contributed by atoms with E-state index in [1.165, 1.54) is 5.56 Å². The molecule has 3 heteroatoms. The number of carbonyl (C=O) groups is 1. The summed E-state index contributed by atoms with van der Waals surface area (Å²) in [4.78, 5) is 19.5. The molecule has 3 aromatic rings. The van der Waals surface area contributed by atoms with E-state index in [0.29, 0.717) is 13.1 Å². The maximum atomic E-state index is 13.2. The Morgan fingerprint density at radius 3 is 2.18 bits per heavy atom. The van der Waals surface area contributed by atoms with E-state index in [9.17, 15) is 4.79 Å². The van der Waals surface area contributed by atoms with Crippen molar-refractivity contribution in [1.29, 1.82) is 0 Å². The van der Waals surface area contributed by atoms with Gasteiger partial charge in [-0.2, -0.15) is 0 Å². The van der Waals surface area contributed by atoms with E-state index in [-0.39, 0.29) is 11.3 Å². The molecule has 3 rings (SSSR count). The van der Waals surface area contributed by atoms with Crippen molar-refractivity contribution in [3.8, 4) is 0 Å². The second-order valence-corrected chi connectivity index (χ2v) is 8.11. The highest BCUT2D eigenvalue weighted by Crippen LogP contribution is 2.23. The van der Waals surface area contributed by atoms with Gasteiger partial charge in [-0.15, -0.1) is 0 Å². The lowest BCUT2D eigenvalue weighted by molar-refractivity contribution is 0.0744. The lowest BCUT2D eigenvalue weighted by Crippen LogP contribution is -2.32. The summed E-state index contributed by atoms with van der Waals surface area (Å²) in [5.74, 6) is 0.0558. The zero-order chi connectivity index (χ0) is 20.0. The molecule has 0 aliphatic rings. The summed E-state index contributed by atoms with van der Waals surface area (Å²) in [6, 6.07) is 24.0. The fourth-order valence-corrected chi connectivity index (χ4v) is 3.15. The van der Waals surface area contributed by atoms with Crippen LogP contribution in [-0.2, 0) is 18.4 Å². The molecule has 0 aliphatic heterocycles. The van der Waals surface area contributed by atoms with E-state index in [2.05, 4.69) is 50.0 Å². The van der Waals surface area contributed by atoms with Gasteiger partial charge in [-0.25, -0.2) is 0 Å². The average Bonchev–Trinajstić information content (AvgIpc) is 2.71. The van der Waals surface area contributed by atoms with E-state index in [0.717, 1.165) is 23.2 Å². The Labute approximate surface area is 168 Å². The highest BCUT2D eigenvalue weighted by atomic mass is 16.2. The number of amides is 1. The predicted molar refractivity (Wildman–Crippen MR) is 114 cm³/mol. The molecule has 2 aromatic carbocycles. The van der Waals surface area contributed by atoms with Crippen molar-refractivity contribution in [2.24, 2.45) is 0 Å². The summed E-state index contributed by atoms with van der Waals surface area (Å²) in [5.41, 5.74) is 4.15. The third-order valence-corrected chi connectivity index (χ3v) is 4.87. The molecular weight excluding hydrogens is 344 g/mol. The zero-order valence-corrected chi connectivity index (χ0v) is 16.9. The maximum absolute atomic E-state index is 13.2. The van der Waals surface area contributed by atoms with Crippen LogP contribution in [0.15, 0.2) is 79.0 Å². The van der Waals surface area contributed by atoms with Gasteiger partial charge in [0.1, 0.15) is 0 Å². The SMILES string of the molecule is CC(C)(C)c1ccc(C(=O)N(CCc2ccccn2)Cc2ccccc2)cc1. The van der Waals surface area contributed by atoms with Crippen molar-refractivity contribution in [3.63, 3.8) is 0 Å². The molecule has 0 radical (unpaired) electrons. The van der Waals surface area contributed by atoms with Gasteiger partial charge >= 0.3 is 0 Å². The average molecular weight is 373 g/mol. The zero-order valence-electron chi connectivity index (χ0n) is 16.9. The molecule has 1 amide bonds. The lowest BCUT2D eigenvalue weighted by Gasteiger charge is -2.24. The number of hydrogen-bond donors (Lipinski definition) is 0. The van der Waals surface area contributed by atoms with Gasteiger partial charge in [-0.1, -0.05) is 69.3 Å². The Bertz CT molecular complexity index is 881. The second-order valence-electron chi connectivity index (χ2n) is 8.11. The maximum Gasteiger partial charge on any atom is 0.254 e. The first kappa shape index (κ1) is 19.8. The van der Waals surface area contributed by atoms with Gasteiger partial charge < -0.3 is 4.90 Å².